The van der Waals surface area contributed by atoms with Gasteiger partial charge in [0.2, 0.25) is 11.8 Å². The van der Waals surface area contributed by atoms with E-state index in [-0.39, 0.29) is 13.0 Å². The van der Waals surface area contributed by atoms with E-state index in [1.165, 1.54) is 0 Å². The summed E-state index contributed by atoms with van der Waals surface area (Å²) >= 11 is 0. The highest BCUT2D eigenvalue weighted by Crippen LogP contribution is 2.25. The number of nitrogens with one attached hydrogen (secondary N) is 4. The summed E-state index contributed by atoms with van der Waals surface area (Å²) in [5.74, 6) is -5.39. The van der Waals surface area contributed by atoms with Gasteiger partial charge in [-0.1, -0.05) is 91.0 Å². The van der Waals surface area contributed by atoms with Crippen molar-refractivity contribution >= 4 is 46.2 Å². The Bertz CT molecular complexity index is 1730. The molecule has 4 aromatic carbocycles. The summed E-state index contributed by atoms with van der Waals surface area (Å²) in [4.78, 5) is 68.1. The zero-order valence-corrected chi connectivity index (χ0v) is 24.6. The van der Waals surface area contributed by atoms with E-state index in [1.54, 1.807) is 36.4 Å². The molecular formula is C33H29F3N4O7. The lowest BCUT2D eigenvalue weighted by Gasteiger charge is -2.19. The van der Waals surface area contributed by atoms with Crippen molar-refractivity contribution in [2.75, 3.05) is 18.4 Å². The molecule has 4 aromatic rings. The molecule has 0 bridgehead atoms. The van der Waals surface area contributed by atoms with Gasteiger partial charge in [0.15, 0.2) is 0 Å². The van der Waals surface area contributed by atoms with Gasteiger partial charge in [-0.05, 0) is 28.1 Å². The minimum Gasteiger partial charge on any atom is -0.347 e. The largest absolute Gasteiger partial charge is 0.495 e. The van der Waals surface area contributed by atoms with Gasteiger partial charge in [-0.3, -0.25) is 9.59 Å². The second-order valence-electron chi connectivity index (χ2n) is 10.1. The lowest BCUT2D eigenvalue weighted by atomic mass is 9.99. The third kappa shape index (κ3) is 10.3. The van der Waals surface area contributed by atoms with E-state index in [2.05, 4.69) is 31.0 Å². The Labute approximate surface area is 266 Å². The van der Waals surface area contributed by atoms with Gasteiger partial charge >= 0.3 is 24.1 Å². The van der Waals surface area contributed by atoms with Crippen LogP contribution in [0.1, 0.15) is 24.4 Å². The number of benzene rings is 4. The fraction of sp³-hybridized carbons (Fsp3) is 0.182. The molecule has 0 saturated heterocycles. The quantitative estimate of drug-likeness (QED) is 0.133. The lowest BCUT2D eigenvalue weighted by molar-refractivity contribution is -0.286. The molecular weight excluding hydrogens is 621 g/mol. The molecule has 0 aliphatic carbocycles. The summed E-state index contributed by atoms with van der Waals surface area (Å²) in [6, 6.07) is 27.2. The van der Waals surface area contributed by atoms with Crippen LogP contribution in [0.2, 0.25) is 0 Å². The van der Waals surface area contributed by atoms with Gasteiger partial charge in [-0.2, -0.15) is 13.2 Å². The highest BCUT2D eigenvalue weighted by atomic mass is 19.4. The van der Waals surface area contributed by atoms with Crippen molar-refractivity contribution in [1.29, 1.82) is 0 Å². The Hall–Kier alpha value is -5.92. The molecule has 4 amide bonds. The van der Waals surface area contributed by atoms with E-state index >= 15 is 0 Å². The first kappa shape index (κ1) is 34.0. The molecule has 0 saturated carbocycles. The molecule has 0 radical (unpaired) electrons. The van der Waals surface area contributed by atoms with Crippen molar-refractivity contribution in [1.82, 2.24) is 16.0 Å². The average Bonchev–Trinajstić information content (AvgIpc) is 3.06. The maximum Gasteiger partial charge on any atom is 0.495 e. The number of carbonyl (C=O) groups is 5. The minimum atomic E-state index is -5.38. The summed E-state index contributed by atoms with van der Waals surface area (Å²) in [6.45, 7) is -0.555. The number of urea groups is 1. The predicted octanol–water partition coefficient (Wildman–Crippen LogP) is 4.95. The zero-order chi connectivity index (χ0) is 33.8. The number of rotatable bonds is 11. The third-order valence-corrected chi connectivity index (χ3v) is 6.69. The smallest absolute Gasteiger partial charge is 0.347 e. The third-order valence-electron chi connectivity index (χ3n) is 6.69. The summed E-state index contributed by atoms with van der Waals surface area (Å²) < 4.78 is 37.2. The van der Waals surface area contributed by atoms with Gasteiger partial charge in [0.1, 0.15) is 0 Å². The van der Waals surface area contributed by atoms with Crippen molar-refractivity contribution in [3.8, 4) is 11.1 Å². The second-order valence-corrected chi connectivity index (χ2v) is 10.1. The Morgan fingerprint density at radius 1 is 0.702 bits per heavy atom. The molecule has 4 N–H and O–H groups in total. The lowest BCUT2D eigenvalue weighted by Crippen LogP contribution is -2.40. The van der Waals surface area contributed by atoms with Gasteiger partial charge in [0.25, 0.3) is 0 Å². The Morgan fingerprint density at radius 2 is 1.36 bits per heavy atom. The Kier molecular flexibility index (Phi) is 11.5. The number of halogens is 3. The number of amides is 4. The van der Waals surface area contributed by atoms with Gasteiger partial charge in [-0.15, -0.1) is 0 Å². The van der Waals surface area contributed by atoms with Crippen LogP contribution in [0.15, 0.2) is 97.1 Å². The van der Waals surface area contributed by atoms with Crippen LogP contribution in [0.5, 0.6) is 0 Å². The fourth-order valence-corrected chi connectivity index (χ4v) is 4.43. The number of hydrogen-bond acceptors (Lipinski definition) is 7. The van der Waals surface area contributed by atoms with Crippen LogP contribution in [0.3, 0.4) is 0 Å². The van der Waals surface area contributed by atoms with Crippen molar-refractivity contribution in [3.63, 3.8) is 0 Å². The monoisotopic (exact) mass is 650 g/mol. The maximum atomic E-state index is 12.7. The zero-order valence-electron chi connectivity index (χ0n) is 24.6. The minimum absolute atomic E-state index is 0.0388. The first-order valence-corrected chi connectivity index (χ1v) is 14.2. The summed E-state index contributed by atoms with van der Waals surface area (Å²) in [6.07, 6.45) is -6.24. The van der Waals surface area contributed by atoms with E-state index in [0.29, 0.717) is 11.3 Å². The first-order valence-electron chi connectivity index (χ1n) is 14.2. The number of hydrogen-bond donors (Lipinski definition) is 4. The van der Waals surface area contributed by atoms with E-state index in [9.17, 15) is 37.1 Å². The van der Waals surface area contributed by atoms with E-state index < -0.39 is 55.0 Å². The molecule has 1 unspecified atom stereocenters. The first-order chi connectivity index (χ1) is 22.5. The SMILES string of the molecule is O=C(CCNC(=O)Nc1cccc2ccccc12)NCC(=O)NC(CC(=O)OOC(=O)C(F)(F)F)c1ccc(-c2ccccc2)cc1. The van der Waals surface area contributed by atoms with E-state index in [1.807, 2.05) is 60.7 Å². The molecule has 244 valence electrons. The molecule has 0 spiro atoms. The molecule has 14 heteroatoms. The average molecular weight is 651 g/mol. The van der Waals surface area contributed by atoms with E-state index in [0.717, 1.165) is 21.9 Å². The Balaban J connectivity index is 1.29. The highest BCUT2D eigenvalue weighted by molar-refractivity contribution is 6.01. The Morgan fingerprint density at radius 3 is 2.09 bits per heavy atom. The molecule has 0 heterocycles. The molecule has 0 fully saturated rings. The van der Waals surface area contributed by atoms with Gasteiger partial charge in [-0.25, -0.2) is 24.2 Å². The van der Waals surface area contributed by atoms with Gasteiger partial charge < -0.3 is 21.3 Å². The van der Waals surface area contributed by atoms with Crippen molar-refractivity contribution < 1.29 is 46.9 Å². The molecule has 4 rings (SSSR count). The van der Waals surface area contributed by atoms with Crippen molar-refractivity contribution in [3.05, 3.63) is 103 Å². The number of alkyl halides is 3. The van der Waals surface area contributed by atoms with Crippen LogP contribution in [0.25, 0.3) is 21.9 Å². The molecule has 11 nitrogen and oxygen atoms in total. The fourth-order valence-electron chi connectivity index (χ4n) is 4.43. The topological polar surface area (TPSA) is 152 Å². The number of carbonyl (C=O) groups excluding carboxylic acids is 5. The molecule has 0 aliphatic heterocycles. The van der Waals surface area contributed by atoms with Crippen LogP contribution >= 0.6 is 0 Å². The predicted molar refractivity (Wildman–Crippen MR) is 164 cm³/mol. The van der Waals surface area contributed by atoms with Crippen molar-refractivity contribution in [2.24, 2.45) is 0 Å². The number of fused-ring (bicyclic) bond motifs is 1. The summed E-state index contributed by atoms with van der Waals surface area (Å²) in [5, 5.41) is 12.0. The summed E-state index contributed by atoms with van der Waals surface area (Å²) in [7, 11) is 0. The highest BCUT2D eigenvalue weighted by Gasteiger charge is 2.43. The molecule has 0 aliphatic rings. The number of anilines is 1. The van der Waals surface area contributed by atoms with Crippen molar-refractivity contribution in [2.45, 2.75) is 25.1 Å². The molecule has 1 atom stereocenters. The van der Waals surface area contributed by atoms with E-state index in [4.69, 9.17) is 0 Å². The standard InChI is InChI=1S/C33H29F3N4O7/c34-33(35,36)31(44)47-46-30(43)19-27(24-15-13-22(14-16-24)21-7-2-1-3-8-21)39-29(42)20-38-28(41)17-18-37-32(45)40-26-12-6-10-23-9-4-5-11-25(23)26/h1-16,27H,17-20H2,(H,38,41)(H,39,42)(H2,37,40,45). The van der Waals surface area contributed by atoms with Crippen LogP contribution in [0.4, 0.5) is 23.7 Å². The van der Waals surface area contributed by atoms with Crippen LogP contribution < -0.4 is 21.3 Å². The van der Waals surface area contributed by atoms with Crippen LogP contribution in [-0.2, 0) is 29.0 Å². The molecule has 0 aromatic heterocycles. The normalized spacial score (nSPS) is 11.6. The van der Waals surface area contributed by atoms with Gasteiger partial charge in [0.05, 0.1) is 24.7 Å². The van der Waals surface area contributed by atoms with Crippen LogP contribution in [0, 0.1) is 0 Å². The summed E-state index contributed by atoms with van der Waals surface area (Å²) in [5.41, 5.74) is 2.67. The second kappa shape index (κ2) is 15.9. The van der Waals surface area contributed by atoms with Gasteiger partial charge in [0, 0.05) is 18.4 Å². The maximum absolute atomic E-state index is 12.7. The molecule has 47 heavy (non-hydrogen) atoms. The van der Waals surface area contributed by atoms with Crippen LogP contribution in [-0.4, -0.2) is 49.0 Å².